The molecule has 0 aliphatic heterocycles. The zero-order valence-corrected chi connectivity index (χ0v) is 22.0. The fraction of sp³-hybridized carbons (Fsp3) is 0.346. The molecule has 0 saturated carbocycles. The van der Waals surface area contributed by atoms with Crippen molar-refractivity contribution >= 4 is 11.5 Å². The standard InChI is InChI=1S/C26H28F3N7O3/c1-14-22(21-15(2)35-39-16(21)3)33-23(17-7-6-8-20(9-17)38-13-19(37)12-30-4)34-24(14)36(5)18-10-31-25(32-11-18)26(27,28)29/h6-11,19,30,37H,12-13H2,1-5H3. The average molecular weight is 544 g/mol. The van der Waals surface area contributed by atoms with Crippen molar-refractivity contribution in [2.75, 3.05) is 32.1 Å². The van der Waals surface area contributed by atoms with E-state index in [9.17, 15) is 18.3 Å². The Bertz CT molecular complexity index is 1420. The van der Waals surface area contributed by atoms with E-state index < -0.39 is 18.1 Å². The van der Waals surface area contributed by atoms with Crippen molar-refractivity contribution in [3.8, 4) is 28.4 Å². The maximum Gasteiger partial charge on any atom is 0.451 e. The Labute approximate surface area is 222 Å². The number of alkyl halides is 3. The van der Waals surface area contributed by atoms with Crippen molar-refractivity contribution in [2.24, 2.45) is 0 Å². The van der Waals surface area contributed by atoms with Crippen molar-refractivity contribution in [3.63, 3.8) is 0 Å². The summed E-state index contributed by atoms with van der Waals surface area (Å²) in [4.78, 5) is 18.1. The van der Waals surface area contributed by atoms with Crippen LogP contribution in [0.1, 0.15) is 22.8 Å². The fourth-order valence-corrected chi connectivity index (χ4v) is 4.00. The molecule has 1 aromatic carbocycles. The van der Waals surface area contributed by atoms with Crippen LogP contribution in [0.15, 0.2) is 41.2 Å². The molecule has 0 spiro atoms. The zero-order chi connectivity index (χ0) is 28.3. The SMILES string of the molecule is CNCC(O)COc1cccc(-c2nc(-c3c(C)noc3C)c(C)c(N(C)c3cnc(C(F)(F)F)nc3)n2)c1. The van der Waals surface area contributed by atoms with Crippen molar-refractivity contribution < 1.29 is 27.5 Å². The summed E-state index contributed by atoms with van der Waals surface area (Å²) in [6.07, 6.45) is -3.15. The van der Waals surface area contributed by atoms with E-state index in [-0.39, 0.29) is 6.61 Å². The van der Waals surface area contributed by atoms with E-state index in [1.54, 1.807) is 51.0 Å². The second-order valence-electron chi connectivity index (χ2n) is 8.92. The van der Waals surface area contributed by atoms with E-state index in [0.717, 1.165) is 12.4 Å². The van der Waals surface area contributed by atoms with E-state index >= 15 is 0 Å². The van der Waals surface area contributed by atoms with E-state index in [2.05, 4.69) is 20.4 Å². The summed E-state index contributed by atoms with van der Waals surface area (Å²) in [5.74, 6) is 0.604. The maximum absolute atomic E-state index is 13.0. The van der Waals surface area contributed by atoms with Crippen LogP contribution < -0.4 is 15.0 Å². The second kappa shape index (κ2) is 11.3. The smallest absolute Gasteiger partial charge is 0.451 e. The van der Waals surface area contributed by atoms with Crippen molar-refractivity contribution in [1.29, 1.82) is 0 Å². The summed E-state index contributed by atoms with van der Waals surface area (Å²) in [5, 5.41) is 16.9. The lowest BCUT2D eigenvalue weighted by Crippen LogP contribution is -2.29. The Morgan fingerprint density at radius 1 is 1.13 bits per heavy atom. The number of anilines is 2. The molecule has 0 bridgehead atoms. The van der Waals surface area contributed by atoms with E-state index in [0.29, 0.717) is 63.5 Å². The number of hydrogen-bond acceptors (Lipinski definition) is 10. The number of likely N-dealkylation sites (N-methyl/N-ethyl adjacent to an activating group) is 1. The van der Waals surface area contributed by atoms with Gasteiger partial charge in [0, 0.05) is 24.7 Å². The molecule has 0 radical (unpaired) electrons. The lowest BCUT2D eigenvalue weighted by molar-refractivity contribution is -0.144. The lowest BCUT2D eigenvalue weighted by atomic mass is 10.0. The van der Waals surface area contributed by atoms with Gasteiger partial charge in [-0.25, -0.2) is 19.9 Å². The van der Waals surface area contributed by atoms with Gasteiger partial charge in [0.1, 0.15) is 30.0 Å². The number of halogens is 3. The van der Waals surface area contributed by atoms with Gasteiger partial charge in [-0.05, 0) is 40.0 Å². The van der Waals surface area contributed by atoms with Gasteiger partial charge in [0.15, 0.2) is 5.82 Å². The molecule has 4 aromatic rings. The Kier molecular flexibility index (Phi) is 8.11. The molecule has 3 heterocycles. The molecule has 0 aliphatic rings. The average Bonchev–Trinajstić information content (AvgIpc) is 3.24. The predicted octanol–water partition coefficient (Wildman–Crippen LogP) is 4.26. The number of aliphatic hydroxyl groups excluding tert-OH is 1. The van der Waals surface area contributed by atoms with Gasteiger partial charge >= 0.3 is 6.18 Å². The first kappa shape index (κ1) is 27.9. The first-order valence-corrected chi connectivity index (χ1v) is 12.0. The highest BCUT2D eigenvalue weighted by Gasteiger charge is 2.34. The third-order valence-corrected chi connectivity index (χ3v) is 5.96. The van der Waals surface area contributed by atoms with E-state index in [1.807, 2.05) is 13.0 Å². The number of ether oxygens (including phenoxy) is 1. The topological polar surface area (TPSA) is 122 Å². The number of aromatic nitrogens is 5. The van der Waals surface area contributed by atoms with Gasteiger partial charge in [-0.1, -0.05) is 17.3 Å². The molecule has 2 N–H and O–H groups in total. The van der Waals surface area contributed by atoms with Crippen LogP contribution in [0.4, 0.5) is 24.7 Å². The minimum atomic E-state index is -4.65. The molecule has 0 amide bonds. The number of nitrogens with one attached hydrogen (secondary N) is 1. The third kappa shape index (κ3) is 6.15. The maximum atomic E-state index is 13.0. The first-order chi connectivity index (χ1) is 18.5. The van der Waals surface area contributed by atoms with Gasteiger partial charge in [0.2, 0.25) is 5.82 Å². The molecule has 0 saturated heterocycles. The summed E-state index contributed by atoms with van der Waals surface area (Å²) in [5.41, 5.74) is 3.46. The summed E-state index contributed by atoms with van der Waals surface area (Å²) in [6, 6.07) is 7.09. The second-order valence-corrected chi connectivity index (χ2v) is 8.92. The largest absolute Gasteiger partial charge is 0.491 e. The van der Waals surface area contributed by atoms with Crippen LogP contribution in [0.3, 0.4) is 0 Å². The van der Waals surface area contributed by atoms with Gasteiger partial charge in [0.05, 0.1) is 35.0 Å². The summed E-state index contributed by atoms with van der Waals surface area (Å²) in [7, 11) is 3.39. The van der Waals surface area contributed by atoms with Crippen molar-refractivity contribution in [1.82, 2.24) is 30.4 Å². The van der Waals surface area contributed by atoms with Gasteiger partial charge in [-0.15, -0.1) is 0 Å². The Balaban J connectivity index is 1.80. The highest BCUT2D eigenvalue weighted by molar-refractivity contribution is 5.77. The normalized spacial score (nSPS) is 12.4. The van der Waals surface area contributed by atoms with Crippen molar-refractivity contribution in [3.05, 3.63) is 59.5 Å². The lowest BCUT2D eigenvalue weighted by Gasteiger charge is -2.22. The molecule has 1 unspecified atom stereocenters. The van der Waals surface area contributed by atoms with Crippen LogP contribution in [0.5, 0.6) is 5.75 Å². The number of aliphatic hydroxyl groups is 1. The number of rotatable bonds is 9. The highest BCUT2D eigenvalue weighted by Crippen LogP contribution is 2.36. The molecule has 4 rings (SSSR count). The molecule has 13 heteroatoms. The Morgan fingerprint density at radius 3 is 2.46 bits per heavy atom. The molecule has 39 heavy (non-hydrogen) atoms. The first-order valence-electron chi connectivity index (χ1n) is 12.0. The molecule has 206 valence electrons. The minimum Gasteiger partial charge on any atom is -0.491 e. The van der Waals surface area contributed by atoms with Crippen LogP contribution in [-0.4, -0.2) is 63.6 Å². The molecule has 0 aliphatic carbocycles. The van der Waals surface area contributed by atoms with Gasteiger partial charge in [-0.3, -0.25) is 0 Å². The number of nitrogens with zero attached hydrogens (tertiary/aromatic N) is 6. The monoisotopic (exact) mass is 543 g/mol. The highest BCUT2D eigenvalue weighted by atomic mass is 19.4. The molecule has 3 aromatic heterocycles. The molecule has 1 atom stereocenters. The summed E-state index contributed by atoms with van der Waals surface area (Å²) < 4.78 is 50.1. The van der Waals surface area contributed by atoms with Gasteiger partial charge in [-0.2, -0.15) is 13.2 Å². The number of aryl methyl sites for hydroxylation is 2. The predicted molar refractivity (Wildman–Crippen MR) is 138 cm³/mol. The van der Waals surface area contributed by atoms with Gasteiger partial charge < -0.3 is 24.6 Å². The quantitative estimate of drug-likeness (QED) is 0.317. The van der Waals surface area contributed by atoms with E-state index in [1.165, 1.54) is 0 Å². The van der Waals surface area contributed by atoms with Crippen LogP contribution >= 0.6 is 0 Å². The van der Waals surface area contributed by atoms with Gasteiger partial charge in [0.25, 0.3) is 0 Å². The number of hydrogen-bond donors (Lipinski definition) is 2. The zero-order valence-electron chi connectivity index (χ0n) is 22.0. The molecule has 0 fully saturated rings. The molecular formula is C26H28F3N7O3. The van der Waals surface area contributed by atoms with Crippen LogP contribution in [0.2, 0.25) is 0 Å². The third-order valence-electron chi connectivity index (χ3n) is 5.96. The summed E-state index contributed by atoms with van der Waals surface area (Å²) in [6.45, 7) is 5.85. The van der Waals surface area contributed by atoms with Crippen LogP contribution in [0.25, 0.3) is 22.6 Å². The Hall–Kier alpha value is -4.10. The number of benzene rings is 1. The van der Waals surface area contributed by atoms with Crippen molar-refractivity contribution in [2.45, 2.75) is 33.1 Å². The van der Waals surface area contributed by atoms with Crippen LogP contribution in [-0.2, 0) is 6.18 Å². The summed E-state index contributed by atoms with van der Waals surface area (Å²) >= 11 is 0. The van der Waals surface area contributed by atoms with Crippen LogP contribution in [0, 0.1) is 20.8 Å². The molecular weight excluding hydrogens is 515 g/mol. The Morgan fingerprint density at radius 2 is 1.85 bits per heavy atom. The fourth-order valence-electron chi connectivity index (χ4n) is 4.00. The molecule has 10 nitrogen and oxygen atoms in total. The van der Waals surface area contributed by atoms with E-state index in [4.69, 9.17) is 19.2 Å². The minimum absolute atomic E-state index is 0.0886.